The molecule has 0 aromatic heterocycles. The van der Waals surface area contributed by atoms with Crippen molar-refractivity contribution in [2.45, 2.75) is 69.7 Å². The highest BCUT2D eigenvalue weighted by molar-refractivity contribution is 5.81. The molecule has 2 saturated carbocycles. The Balaban J connectivity index is 1.36. The molecule has 31 heavy (non-hydrogen) atoms. The van der Waals surface area contributed by atoms with Crippen LogP contribution in [0.25, 0.3) is 0 Å². The Kier molecular flexibility index (Phi) is 7.03. The third-order valence-corrected chi connectivity index (χ3v) is 7.21. The van der Waals surface area contributed by atoms with E-state index < -0.39 is 0 Å². The number of nitrogens with one attached hydrogen (secondary N) is 2. The molecule has 1 aromatic carbocycles. The van der Waals surface area contributed by atoms with Crippen molar-refractivity contribution in [1.82, 2.24) is 15.5 Å². The van der Waals surface area contributed by atoms with Crippen LogP contribution in [-0.4, -0.2) is 56.1 Å². The number of amides is 1. The number of aliphatic imine (C=N–C) groups is 1. The molecule has 0 radical (unpaired) electrons. The van der Waals surface area contributed by atoms with Crippen molar-refractivity contribution in [3.63, 3.8) is 0 Å². The first-order valence-corrected chi connectivity index (χ1v) is 12.1. The molecule has 1 atom stereocenters. The number of para-hydroxylation sites is 1. The molecule has 1 aliphatic heterocycles. The summed E-state index contributed by atoms with van der Waals surface area (Å²) >= 11 is 0. The van der Waals surface area contributed by atoms with Crippen LogP contribution in [0.5, 0.6) is 5.75 Å². The molecular formula is C25H38N4O2. The van der Waals surface area contributed by atoms with Gasteiger partial charge in [0.05, 0.1) is 13.7 Å². The van der Waals surface area contributed by atoms with Crippen molar-refractivity contribution < 1.29 is 9.53 Å². The van der Waals surface area contributed by atoms with Gasteiger partial charge in [-0.2, -0.15) is 0 Å². The number of ether oxygens (including phenoxy) is 1. The van der Waals surface area contributed by atoms with Crippen LogP contribution in [0, 0.1) is 5.92 Å². The number of likely N-dealkylation sites (tertiary alicyclic amines) is 1. The Morgan fingerprint density at radius 3 is 2.68 bits per heavy atom. The minimum atomic E-state index is 0.0909. The minimum Gasteiger partial charge on any atom is -0.496 e. The lowest BCUT2D eigenvalue weighted by atomic mass is 9.88. The van der Waals surface area contributed by atoms with Crippen LogP contribution in [0.2, 0.25) is 0 Å². The first kappa shape index (κ1) is 22.0. The number of methoxy groups -OCH3 is 1. The third-order valence-electron chi connectivity index (χ3n) is 7.21. The molecule has 2 N–H and O–H groups in total. The Morgan fingerprint density at radius 2 is 1.97 bits per heavy atom. The van der Waals surface area contributed by atoms with Gasteiger partial charge in [-0.3, -0.25) is 9.79 Å². The Hall–Kier alpha value is -2.24. The molecule has 1 heterocycles. The molecule has 0 spiro atoms. The molecule has 4 rings (SSSR count). The molecule has 1 saturated heterocycles. The van der Waals surface area contributed by atoms with E-state index >= 15 is 0 Å². The van der Waals surface area contributed by atoms with Crippen molar-refractivity contribution in [2.24, 2.45) is 10.9 Å². The van der Waals surface area contributed by atoms with Gasteiger partial charge in [0.15, 0.2) is 5.96 Å². The maximum atomic E-state index is 12.9. The zero-order valence-electron chi connectivity index (χ0n) is 19.2. The van der Waals surface area contributed by atoms with Gasteiger partial charge in [0.2, 0.25) is 5.91 Å². The van der Waals surface area contributed by atoms with Gasteiger partial charge in [-0.25, -0.2) is 0 Å². The van der Waals surface area contributed by atoms with Gasteiger partial charge in [-0.1, -0.05) is 37.5 Å². The second-order valence-corrected chi connectivity index (χ2v) is 9.42. The zero-order chi connectivity index (χ0) is 21.7. The number of guanidine groups is 1. The zero-order valence-corrected chi connectivity index (χ0v) is 19.2. The van der Waals surface area contributed by atoms with E-state index in [1.165, 1.54) is 24.8 Å². The topological polar surface area (TPSA) is 66.0 Å². The standard InChI is InChI=1S/C25H38N4O2/c1-3-26-24(27-18-25(14-15-25)21-11-7-8-12-22(21)31-2)28-20-13-16-29(17-20)23(30)19-9-5-4-6-10-19/h7-8,11-12,19-20H,3-6,9-10,13-18H2,1-2H3,(H2,26,27,28). The fourth-order valence-corrected chi connectivity index (χ4v) is 5.18. The maximum absolute atomic E-state index is 12.9. The number of benzene rings is 1. The largest absolute Gasteiger partial charge is 0.496 e. The molecule has 2 aliphatic carbocycles. The van der Waals surface area contributed by atoms with Crippen LogP contribution in [0.3, 0.4) is 0 Å². The number of carbonyl (C=O) groups excluding carboxylic acids is 1. The SMILES string of the molecule is CCNC(=NCC1(c2ccccc2OC)CC1)NC1CCN(C(=O)C2CCCCC2)C1. The number of rotatable bonds is 7. The number of nitrogens with zero attached hydrogens (tertiary/aromatic N) is 2. The Labute approximate surface area is 186 Å². The van der Waals surface area contributed by atoms with E-state index in [2.05, 4.69) is 34.6 Å². The van der Waals surface area contributed by atoms with Crippen LogP contribution in [0.15, 0.2) is 29.3 Å². The van der Waals surface area contributed by atoms with Gasteiger partial charge < -0.3 is 20.3 Å². The van der Waals surface area contributed by atoms with E-state index in [9.17, 15) is 4.79 Å². The molecule has 6 heteroatoms. The first-order chi connectivity index (χ1) is 15.1. The molecular weight excluding hydrogens is 388 g/mol. The Morgan fingerprint density at radius 1 is 1.19 bits per heavy atom. The molecule has 170 valence electrons. The first-order valence-electron chi connectivity index (χ1n) is 12.1. The van der Waals surface area contributed by atoms with Crippen LogP contribution in [0.1, 0.15) is 63.9 Å². The van der Waals surface area contributed by atoms with Gasteiger partial charge in [0, 0.05) is 42.6 Å². The third kappa shape index (κ3) is 5.16. The second-order valence-electron chi connectivity index (χ2n) is 9.42. The second kappa shape index (κ2) is 9.92. The van der Waals surface area contributed by atoms with E-state index in [0.29, 0.717) is 5.91 Å². The quantitative estimate of drug-likeness (QED) is 0.518. The smallest absolute Gasteiger partial charge is 0.225 e. The molecule has 0 bridgehead atoms. The fourth-order valence-electron chi connectivity index (χ4n) is 5.18. The summed E-state index contributed by atoms with van der Waals surface area (Å²) in [7, 11) is 1.74. The summed E-state index contributed by atoms with van der Waals surface area (Å²) in [4.78, 5) is 19.9. The Bertz CT molecular complexity index is 783. The summed E-state index contributed by atoms with van der Waals surface area (Å²) in [5, 5.41) is 7.00. The van der Waals surface area contributed by atoms with Gasteiger partial charge in [0.1, 0.15) is 5.75 Å². The number of hydrogen-bond acceptors (Lipinski definition) is 3. The fraction of sp³-hybridized carbons (Fsp3) is 0.680. The molecule has 3 aliphatic rings. The molecule has 3 fully saturated rings. The lowest BCUT2D eigenvalue weighted by molar-refractivity contribution is -0.135. The predicted molar refractivity (Wildman–Crippen MR) is 125 cm³/mol. The van der Waals surface area contributed by atoms with Crippen molar-refractivity contribution in [3.8, 4) is 5.75 Å². The summed E-state index contributed by atoms with van der Waals surface area (Å²) in [6.45, 7) is 5.32. The van der Waals surface area contributed by atoms with Crippen LogP contribution in [-0.2, 0) is 10.2 Å². The van der Waals surface area contributed by atoms with Crippen molar-refractivity contribution in [1.29, 1.82) is 0 Å². The number of hydrogen-bond donors (Lipinski definition) is 2. The van der Waals surface area contributed by atoms with Crippen LogP contribution in [0.4, 0.5) is 0 Å². The molecule has 6 nitrogen and oxygen atoms in total. The molecule has 1 amide bonds. The summed E-state index contributed by atoms with van der Waals surface area (Å²) in [5.74, 6) is 2.45. The minimum absolute atomic E-state index is 0.0909. The lowest BCUT2D eigenvalue weighted by Crippen LogP contribution is -2.46. The van der Waals surface area contributed by atoms with Crippen molar-refractivity contribution in [2.75, 3.05) is 33.3 Å². The van der Waals surface area contributed by atoms with Crippen LogP contribution < -0.4 is 15.4 Å². The lowest BCUT2D eigenvalue weighted by Gasteiger charge is -2.26. The summed E-state index contributed by atoms with van der Waals surface area (Å²) in [6.07, 6.45) is 9.11. The van der Waals surface area contributed by atoms with E-state index in [0.717, 1.165) is 70.0 Å². The normalized spacial score (nSPS) is 23.5. The average molecular weight is 427 g/mol. The highest BCUT2D eigenvalue weighted by atomic mass is 16.5. The highest BCUT2D eigenvalue weighted by Gasteiger charge is 2.46. The van der Waals surface area contributed by atoms with E-state index in [1.807, 2.05) is 12.1 Å². The summed E-state index contributed by atoms with van der Waals surface area (Å²) < 4.78 is 5.60. The van der Waals surface area contributed by atoms with Gasteiger partial charge in [0.25, 0.3) is 0 Å². The predicted octanol–water partition coefficient (Wildman–Crippen LogP) is 3.46. The van der Waals surface area contributed by atoms with E-state index in [4.69, 9.17) is 9.73 Å². The average Bonchev–Trinajstić information content (AvgIpc) is 3.47. The number of carbonyl (C=O) groups is 1. The van der Waals surface area contributed by atoms with E-state index in [-0.39, 0.29) is 17.4 Å². The van der Waals surface area contributed by atoms with Gasteiger partial charge >= 0.3 is 0 Å². The van der Waals surface area contributed by atoms with Crippen molar-refractivity contribution in [3.05, 3.63) is 29.8 Å². The summed E-state index contributed by atoms with van der Waals surface area (Å²) in [6, 6.07) is 8.59. The van der Waals surface area contributed by atoms with Gasteiger partial charge in [-0.05, 0) is 45.1 Å². The van der Waals surface area contributed by atoms with Crippen LogP contribution >= 0.6 is 0 Å². The maximum Gasteiger partial charge on any atom is 0.225 e. The molecule has 1 aromatic rings. The molecule has 1 unspecified atom stereocenters. The summed E-state index contributed by atoms with van der Waals surface area (Å²) in [5.41, 5.74) is 1.36. The van der Waals surface area contributed by atoms with Crippen molar-refractivity contribution >= 4 is 11.9 Å². The van der Waals surface area contributed by atoms with Gasteiger partial charge in [-0.15, -0.1) is 0 Å². The highest BCUT2D eigenvalue weighted by Crippen LogP contribution is 2.51. The monoisotopic (exact) mass is 426 g/mol. The van der Waals surface area contributed by atoms with E-state index in [1.54, 1.807) is 7.11 Å².